The number of amides is 1. The number of fused-ring (bicyclic) bond motifs is 1. The van der Waals surface area contributed by atoms with Crippen molar-refractivity contribution in [2.75, 3.05) is 23.4 Å². The first-order valence-corrected chi connectivity index (χ1v) is 8.66. The van der Waals surface area contributed by atoms with Gasteiger partial charge in [-0.25, -0.2) is 0 Å². The fraction of sp³-hybridized carbons (Fsp3) is 0.350. The molecule has 1 amide bonds. The summed E-state index contributed by atoms with van der Waals surface area (Å²) in [5.74, 6) is 0.0289. The molecule has 0 aliphatic carbocycles. The Balaban J connectivity index is 1.41. The molecule has 0 radical (unpaired) electrons. The molecule has 2 aromatic carbocycles. The van der Waals surface area contributed by atoms with Gasteiger partial charge in [0.05, 0.1) is 12.5 Å². The number of nitrogens with one attached hydrogen (secondary N) is 1. The van der Waals surface area contributed by atoms with Crippen LogP contribution >= 0.6 is 0 Å². The number of hydrogen-bond donors (Lipinski definition) is 1. The highest BCUT2D eigenvalue weighted by Gasteiger charge is 2.20. The van der Waals surface area contributed by atoms with Gasteiger partial charge in [0.2, 0.25) is 5.91 Å². The number of para-hydroxylation sites is 1. The van der Waals surface area contributed by atoms with Crippen molar-refractivity contribution in [1.29, 1.82) is 0 Å². The molecule has 0 unspecified atom stereocenters. The molecule has 4 rings (SSSR count). The van der Waals surface area contributed by atoms with Crippen molar-refractivity contribution in [2.45, 2.75) is 31.8 Å². The monoisotopic (exact) mass is 322 g/mol. The van der Waals surface area contributed by atoms with Crippen molar-refractivity contribution < 1.29 is 9.53 Å². The molecule has 4 nitrogen and oxygen atoms in total. The first kappa shape index (κ1) is 15.2. The Morgan fingerprint density at radius 3 is 2.79 bits per heavy atom. The molecule has 1 atom stereocenters. The van der Waals surface area contributed by atoms with Crippen molar-refractivity contribution in [3.63, 3.8) is 0 Å². The Morgan fingerprint density at radius 2 is 2.00 bits per heavy atom. The molecular weight excluding hydrogens is 300 g/mol. The maximum Gasteiger partial charge on any atom is 0.226 e. The van der Waals surface area contributed by atoms with Crippen molar-refractivity contribution in [3.05, 3.63) is 54.1 Å². The number of benzene rings is 2. The van der Waals surface area contributed by atoms with Gasteiger partial charge >= 0.3 is 0 Å². The third-order valence-electron chi connectivity index (χ3n) is 4.79. The molecule has 2 heterocycles. The lowest BCUT2D eigenvalue weighted by Crippen LogP contribution is -2.19. The minimum Gasteiger partial charge on any atom is -0.378 e. The van der Waals surface area contributed by atoms with Crippen LogP contribution in [0, 0.1) is 0 Å². The second-order valence-corrected chi connectivity index (χ2v) is 6.46. The van der Waals surface area contributed by atoms with E-state index in [4.69, 9.17) is 4.74 Å². The highest BCUT2D eigenvalue weighted by molar-refractivity contribution is 5.91. The van der Waals surface area contributed by atoms with Crippen LogP contribution in [0.15, 0.2) is 48.5 Å². The maximum absolute atomic E-state index is 12.1. The Morgan fingerprint density at radius 1 is 1.17 bits per heavy atom. The molecule has 0 bridgehead atoms. The van der Waals surface area contributed by atoms with Gasteiger partial charge in [-0.05, 0) is 55.2 Å². The molecule has 0 saturated carbocycles. The van der Waals surface area contributed by atoms with Crippen LogP contribution < -0.4 is 10.2 Å². The van der Waals surface area contributed by atoms with Crippen LogP contribution in [0.5, 0.6) is 0 Å². The van der Waals surface area contributed by atoms with Crippen LogP contribution in [-0.2, 0) is 16.0 Å². The van der Waals surface area contributed by atoms with Crippen LogP contribution in [-0.4, -0.2) is 25.2 Å². The summed E-state index contributed by atoms with van der Waals surface area (Å²) >= 11 is 0. The van der Waals surface area contributed by atoms with E-state index in [1.165, 1.54) is 11.3 Å². The van der Waals surface area contributed by atoms with E-state index in [1.807, 2.05) is 12.1 Å². The molecule has 1 saturated heterocycles. The summed E-state index contributed by atoms with van der Waals surface area (Å²) in [5.41, 5.74) is 4.69. The van der Waals surface area contributed by atoms with Gasteiger partial charge in [-0.1, -0.05) is 18.2 Å². The first-order chi connectivity index (χ1) is 11.8. The second-order valence-electron chi connectivity index (χ2n) is 6.46. The van der Waals surface area contributed by atoms with E-state index in [0.29, 0.717) is 6.42 Å². The molecule has 2 aliphatic heterocycles. The van der Waals surface area contributed by atoms with E-state index in [9.17, 15) is 4.79 Å². The molecular formula is C20H22N2O2. The predicted molar refractivity (Wildman–Crippen MR) is 95.8 cm³/mol. The summed E-state index contributed by atoms with van der Waals surface area (Å²) < 4.78 is 5.51. The average Bonchev–Trinajstić information content (AvgIpc) is 3.25. The van der Waals surface area contributed by atoms with Crippen molar-refractivity contribution in [2.24, 2.45) is 0 Å². The number of hydrogen-bond acceptors (Lipinski definition) is 3. The maximum atomic E-state index is 12.1. The Hall–Kier alpha value is -2.33. The summed E-state index contributed by atoms with van der Waals surface area (Å²) in [4.78, 5) is 14.4. The molecule has 1 fully saturated rings. The zero-order chi connectivity index (χ0) is 16.4. The summed E-state index contributed by atoms with van der Waals surface area (Å²) in [7, 11) is 0. The predicted octanol–water partition coefficient (Wildman–Crippen LogP) is 3.89. The van der Waals surface area contributed by atoms with Gasteiger partial charge in [-0.15, -0.1) is 0 Å². The fourth-order valence-electron chi connectivity index (χ4n) is 3.56. The molecule has 24 heavy (non-hydrogen) atoms. The lowest BCUT2D eigenvalue weighted by Gasteiger charge is -2.20. The smallest absolute Gasteiger partial charge is 0.226 e. The molecule has 2 aromatic rings. The summed E-state index contributed by atoms with van der Waals surface area (Å²) in [6.45, 7) is 1.79. The standard InChI is InChI=1S/C20H22N2O2/c23-20(14-18-5-3-13-24-18)21-16-7-9-17(10-8-16)22-12-11-15-4-1-2-6-19(15)22/h1-2,4,6-10,18H,3,5,11-14H2,(H,21,23)/t18-/m1/s1. The fourth-order valence-corrected chi connectivity index (χ4v) is 3.56. The normalized spacial score (nSPS) is 19.3. The summed E-state index contributed by atoms with van der Waals surface area (Å²) in [6, 6.07) is 16.6. The summed E-state index contributed by atoms with van der Waals surface area (Å²) in [5, 5.41) is 2.97. The van der Waals surface area contributed by atoms with Gasteiger partial charge in [0.25, 0.3) is 0 Å². The van der Waals surface area contributed by atoms with Gasteiger partial charge in [0.15, 0.2) is 0 Å². The number of rotatable bonds is 4. The zero-order valence-electron chi connectivity index (χ0n) is 13.7. The molecule has 0 aromatic heterocycles. The van der Waals surface area contributed by atoms with Crippen molar-refractivity contribution in [3.8, 4) is 0 Å². The lowest BCUT2D eigenvalue weighted by atomic mass is 10.1. The third kappa shape index (κ3) is 3.15. The third-order valence-corrected chi connectivity index (χ3v) is 4.79. The Bertz CT molecular complexity index is 721. The average molecular weight is 322 g/mol. The Labute approximate surface area is 142 Å². The van der Waals surface area contributed by atoms with E-state index in [1.54, 1.807) is 0 Å². The quantitative estimate of drug-likeness (QED) is 0.928. The van der Waals surface area contributed by atoms with Crippen LogP contribution in [0.3, 0.4) is 0 Å². The largest absolute Gasteiger partial charge is 0.378 e. The minimum absolute atomic E-state index is 0.0289. The van der Waals surface area contributed by atoms with E-state index >= 15 is 0 Å². The van der Waals surface area contributed by atoms with E-state index in [-0.39, 0.29) is 12.0 Å². The van der Waals surface area contributed by atoms with Gasteiger partial charge in [0.1, 0.15) is 0 Å². The first-order valence-electron chi connectivity index (χ1n) is 8.66. The molecule has 124 valence electrons. The highest BCUT2D eigenvalue weighted by Crippen LogP contribution is 2.34. The van der Waals surface area contributed by atoms with Gasteiger partial charge < -0.3 is 15.0 Å². The number of carbonyl (C=O) groups is 1. The van der Waals surface area contributed by atoms with Crippen molar-refractivity contribution >= 4 is 23.0 Å². The second kappa shape index (κ2) is 6.65. The minimum atomic E-state index is 0.0289. The van der Waals surface area contributed by atoms with Crippen LogP contribution in [0.2, 0.25) is 0 Å². The molecule has 0 spiro atoms. The van der Waals surface area contributed by atoms with Crippen LogP contribution in [0.1, 0.15) is 24.8 Å². The van der Waals surface area contributed by atoms with Gasteiger partial charge in [-0.2, -0.15) is 0 Å². The van der Waals surface area contributed by atoms with Crippen LogP contribution in [0.4, 0.5) is 17.1 Å². The van der Waals surface area contributed by atoms with Crippen LogP contribution in [0.25, 0.3) is 0 Å². The van der Waals surface area contributed by atoms with Gasteiger partial charge in [-0.3, -0.25) is 4.79 Å². The van der Waals surface area contributed by atoms with Gasteiger partial charge in [0, 0.05) is 30.2 Å². The van der Waals surface area contributed by atoms with E-state index < -0.39 is 0 Å². The number of nitrogens with zero attached hydrogens (tertiary/aromatic N) is 1. The lowest BCUT2D eigenvalue weighted by molar-refractivity contribution is -0.118. The zero-order valence-corrected chi connectivity index (χ0v) is 13.7. The van der Waals surface area contributed by atoms with E-state index in [0.717, 1.165) is 43.8 Å². The molecule has 1 N–H and O–H groups in total. The summed E-state index contributed by atoms with van der Waals surface area (Å²) in [6.07, 6.45) is 3.66. The van der Waals surface area contributed by atoms with E-state index in [2.05, 4.69) is 46.6 Å². The number of carbonyl (C=O) groups excluding carboxylic acids is 1. The topological polar surface area (TPSA) is 41.6 Å². The van der Waals surface area contributed by atoms with Crippen molar-refractivity contribution in [1.82, 2.24) is 0 Å². The highest BCUT2D eigenvalue weighted by atomic mass is 16.5. The molecule has 4 heteroatoms. The SMILES string of the molecule is O=C(C[C@H]1CCCO1)Nc1ccc(N2CCc3ccccc32)cc1. The molecule has 2 aliphatic rings. The Kier molecular flexibility index (Phi) is 4.22. The number of anilines is 3. The number of ether oxygens (including phenoxy) is 1.